The lowest BCUT2D eigenvalue weighted by Gasteiger charge is -2.30. The number of aromatic nitrogens is 2. The Kier molecular flexibility index (Phi) is 3.83. The van der Waals surface area contributed by atoms with Gasteiger partial charge in [0.15, 0.2) is 0 Å². The molecule has 6 heteroatoms. The van der Waals surface area contributed by atoms with Crippen LogP contribution in [0.2, 0.25) is 0 Å². The van der Waals surface area contributed by atoms with Crippen LogP contribution in [0.4, 0.5) is 0 Å². The van der Waals surface area contributed by atoms with Gasteiger partial charge in [-0.25, -0.2) is 4.98 Å². The number of nitrogens with one attached hydrogen (secondary N) is 1. The Morgan fingerprint density at radius 2 is 2.05 bits per heavy atom. The molecule has 2 aromatic rings. The third-order valence-corrected chi connectivity index (χ3v) is 4.23. The number of hydrogen-bond donors (Lipinski definition) is 1. The normalized spacial score (nSPS) is 16.0. The maximum atomic E-state index is 12.5. The summed E-state index contributed by atoms with van der Waals surface area (Å²) in [6.45, 7) is 3.20. The summed E-state index contributed by atoms with van der Waals surface area (Å²) in [4.78, 5) is 30.4. The molecule has 22 heavy (non-hydrogen) atoms. The molecule has 1 saturated heterocycles. The SMILES string of the molecule is CNC(=O)C1CCN(C(=O)c2cn3ccc(C)cc3n2)CC1. The zero-order valence-electron chi connectivity index (χ0n) is 12.9. The molecule has 2 amide bonds. The first kappa shape index (κ1) is 14.6. The second-order valence-electron chi connectivity index (χ2n) is 5.78. The van der Waals surface area contributed by atoms with Crippen molar-refractivity contribution in [2.45, 2.75) is 19.8 Å². The fourth-order valence-corrected chi connectivity index (χ4v) is 2.90. The second kappa shape index (κ2) is 5.79. The fraction of sp³-hybridized carbons (Fsp3) is 0.438. The molecule has 0 aromatic carbocycles. The average molecular weight is 300 g/mol. The Balaban J connectivity index is 1.72. The van der Waals surface area contributed by atoms with E-state index in [0.29, 0.717) is 31.6 Å². The number of aryl methyl sites for hydroxylation is 1. The first-order chi connectivity index (χ1) is 10.6. The number of amides is 2. The standard InChI is InChI=1S/C16H20N4O2/c1-11-3-6-20-10-13(18-14(20)9-11)16(22)19-7-4-12(5-8-19)15(21)17-2/h3,6,9-10,12H,4-5,7-8H2,1-2H3,(H,17,21). The van der Waals surface area contributed by atoms with Gasteiger partial charge in [-0.2, -0.15) is 0 Å². The van der Waals surface area contributed by atoms with Crippen molar-refractivity contribution in [2.24, 2.45) is 5.92 Å². The van der Waals surface area contributed by atoms with E-state index in [1.807, 2.05) is 29.7 Å². The van der Waals surface area contributed by atoms with Crippen LogP contribution < -0.4 is 5.32 Å². The second-order valence-corrected chi connectivity index (χ2v) is 5.78. The summed E-state index contributed by atoms with van der Waals surface area (Å²) >= 11 is 0. The molecule has 3 rings (SSSR count). The van der Waals surface area contributed by atoms with Gasteiger partial charge in [0, 0.05) is 38.4 Å². The molecular formula is C16H20N4O2. The Morgan fingerprint density at radius 1 is 1.32 bits per heavy atom. The topological polar surface area (TPSA) is 66.7 Å². The first-order valence-corrected chi connectivity index (χ1v) is 7.54. The number of fused-ring (bicyclic) bond motifs is 1. The van der Waals surface area contributed by atoms with Crippen molar-refractivity contribution in [3.63, 3.8) is 0 Å². The lowest BCUT2D eigenvalue weighted by atomic mass is 9.96. The maximum Gasteiger partial charge on any atom is 0.274 e. The zero-order valence-corrected chi connectivity index (χ0v) is 12.9. The molecule has 6 nitrogen and oxygen atoms in total. The van der Waals surface area contributed by atoms with Gasteiger partial charge >= 0.3 is 0 Å². The molecule has 2 aromatic heterocycles. The van der Waals surface area contributed by atoms with Crippen molar-refractivity contribution in [3.8, 4) is 0 Å². The van der Waals surface area contributed by atoms with E-state index >= 15 is 0 Å². The molecule has 1 aliphatic heterocycles. The van der Waals surface area contributed by atoms with Crippen LogP contribution in [-0.2, 0) is 4.79 Å². The van der Waals surface area contributed by atoms with Gasteiger partial charge in [-0.15, -0.1) is 0 Å². The number of hydrogen-bond acceptors (Lipinski definition) is 3. The largest absolute Gasteiger partial charge is 0.359 e. The molecule has 0 bridgehead atoms. The van der Waals surface area contributed by atoms with Crippen molar-refractivity contribution in [1.82, 2.24) is 19.6 Å². The molecule has 3 heterocycles. The molecule has 0 saturated carbocycles. The number of piperidine rings is 1. The highest BCUT2D eigenvalue weighted by atomic mass is 16.2. The van der Waals surface area contributed by atoms with E-state index in [2.05, 4.69) is 10.3 Å². The minimum atomic E-state index is -0.0586. The van der Waals surface area contributed by atoms with Crippen LogP contribution in [0.5, 0.6) is 0 Å². The van der Waals surface area contributed by atoms with Gasteiger partial charge < -0.3 is 14.6 Å². The van der Waals surface area contributed by atoms with Gasteiger partial charge in [0.05, 0.1) is 0 Å². The van der Waals surface area contributed by atoms with E-state index in [0.717, 1.165) is 11.2 Å². The lowest BCUT2D eigenvalue weighted by Crippen LogP contribution is -2.42. The summed E-state index contributed by atoms with van der Waals surface area (Å²) in [6, 6.07) is 3.94. The predicted molar refractivity (Wildman–Crippen MR) is 82.6 cm³/mol. The highest BCUT2D eigenvalue weighted by Crippen LogP contribution is 2.19. The Morgan fingerprint density at radius 3 is 2.73 bits per heavy atom. The van der Waals surface area contributed by atoms with Crippen LogP contribution >= 0.6 is 0 Å². The molecule has 0 atom stereocenters. The fourth-order valence-electron chi connectivity index (χ4n) is 2.90. The third-order valence-electron chi connectivity index (χ3n) is 4.23. The van der Waals surface area contributed by atoms with Gasteiger partial charge in [-0.05, 0) is 37.5 Å². The smallest absolute Gasteiger partial charge is 0.274 e. The van der Waals surface area contributed by atoms with Crippen molar-refractivity contribution in [3.05, 3.63) is 35.8 Å². The summed E-state index contributed by atoms with van der Waals surface area (Å²) in [5.41, 5.74) is 2.36. The van der Waals surface area contributed by atoms with Gasteiger partial charge in [-0.1, -0.05) is 0 Å². The molecule has 0 radical (unpaired) electrons. The van der Waals surface area contributed by atoms with Crippen molar-refractivity contribution >= 4 is 17.5 Å². The lowest BCUT2D eigenvalue weighted by molar-refractivity contribution is -0.125. The summed E-state index contributed by atoms with van der Waals surface area (Å²) in [5, 5.41) is 2.68. The van der Waals surface area contributed by atoms with Crippen LogP contribution in [0.1, 0.15) is 28.9 Å². The quantitative estimate of drug-likeness (QED) is 0.907. The van der Waals surface area contributed by atoms with E-state index < -0.39 is 0 Å². The van der Waals surface area contributed by atoms with Crippen LogP contribution in [0.25, 0.3) is 5.65 Å². The first-order valence-electron chi connectivity index (χ1n) is 7.54. The van der Waals surface area contributed by atoms with E-state index in [1.54, 1.807) is 18.1 Å². The number of rotatable bonds is 2. The van der Waals surface area contributed by atoms with E-state index in [-0.39, 0.29) is 17.7 Å². The van der Waals surface area contributed by atoms with Crippen LogP contribution in [0, 0.1) is 12.8 Å². The van der Waals surface area contributed by atoms with Gasteiger partial charge in [0.1, 0.15) is 11.3 Å². The minimum absolute atomic E-state index is 0.0118. The highest BCUT2D eigenvalue weighted by Gasteiger charge is 2.28. The Bertz CT molecular complexity index is 714. The van der Waals surface area contributed by atoms with Gasteiger partial charge in [-0.3, -0.25) is 9.59 Å². The number of likely N-dealkylation sites (tertiary alicyclic amines) is 1. The molecular weight excluding hydrogens is 280 g/mol. The average Bonchev–Trinajstić information content (AvgIpc) is 2.96. The van der Waals surface area contributed by atoms with Gasteiger partial charge in [0.2, 0.25) is 5.91 Å². The monoisotopic (exact) mass is 300 g/mol. The molecule has 116 valence electrons. The maximum absolute atomic E-state index is 12.5. The van der Waals surface area contributed by atoms with Crippen LogP contribution in [-0.4, -0.2) is 46.2 Å². The van der Waals surface area contributed by atoms with Crippen molar-refractivity contribution < 1.29 is 9.59 Å². The van der Waals surface area contributed by atoms with Crippen LogP contribution in [0.3, 0.4) is 0 Å². The molecule has 0 unspecified atom stereocenters. The highest BCUT2D eigenvalue weighted by molar-refractivity contribution is 5.93. The summed E-state index contributed by atoms with van der Waals surface area (Å²) in [6.07, 6.45) is 5.09. The van der Waals surface area contributed by atoms with Gasteiger partial charge in [0.25, 0.3) is 5.91 Å². The number of pyridine rings is 1. The summed E-state index contributed by atoms with van der Waals surface area (Å²) < 4.78 is 1.86. The molecule has 0 spiro atoms. The number of carbonyl (C=O) groups is 2. The number of nitrogens with zero attached hydrogens (tertiary/aromatic N) is 3. The zero-order chi connectivity index (χ0) is 15.7. The van der Waals surface area contributed by atoms with Crippen LogP contribution in [0.15, 0.2) is 24.5 Å². The molecule has 1 N–H and O–H groups in total. The predicted octanol–water partition coefficient (Wildman–Crippen LogP) is 1.24. The Hall–Kier alpha value is -2.37. The minimum Gasteiger partial charge on any atom is -0.359 e. The molecule has 1 aliphatic rings. The van der Waals surface area contributed by atoms with E-state index in [4.69, 9.17) is 0 Å². The van der Waals surface area contributed by atoms with Crippen molar-refractivity contribution in [1.29, 1.82) is 0 Å². The molecule has 1 fully saturated rings. The van der Waals surface area contributed by atoms with E-state index in [9.17, 15) is 9.59 Å². The van der Waals surface area contributed by atoms with Crippen molar-refractivity contribution in [2.75, 3.05) is 20.1 Å². The Labute approximate surface area is 129 Å². The van der Waals surface area contributed by atoms with E-state index in [1.165, 1.54) is 0 Å². The number of imidazole rings is 1. The number of carbonyl (C=O) groups excluding carboxylic acids is 2. The third kappa shape index (κ3) is 2.68. The summed E-state index contributed by atoms with van der Waals surface area (Å²) in [7, 11) is 1.65. The molecule has 0 aliphatic carbocycles. The summed E-state index contributed by atoms with van der Waals surface area (Å²) in [5.74, 6) is 0.0183.